The predicted octanol–water partition coefficient (Wildman–Crippen LogP) is 3.89. The number of benzene rings is 1. The van der Waals surface area contributed by atoms with Crippen LogP contribution >= 0.6 is 11.3 Å². The Hall–Kier alpha value is -2.05. The van der Waals surface area contributed by atoms with Crippen LogP contribution in [0.4, 0.5) is 0 Å². The summed E-state index contributed by atoms with van der Waals surface area (Å²) in [5.41, 5.74) is 0.921. The number of aliphatic carboxylic acids is 1. The van der Waals surface area contributed by atoms with E-state index < -0.39 is 11.9 Å². The van der Waals surface area contributed by atoms with Crippen molar-refractivity contribution in [2.75, 3.05) is 33.4 Å². The molecule has 6 heteroatoms. The van der Waals surface area contributed by atoms with E-state index in [1.165, 1.54) is 11.3 Å². The Morgan fingerprint density at radius 1 is 1.23 bits per heavy atom. The Morgan fingerprint density at radius 2 is 2.00 bits per heavy atom. The van der Waals surface area contributed by atoms with E-state index in [4.69, 9.17) is 9.47 Å². The zero-order chi connectivity index (χ0) is 18.9. The third-order valence-electron chi connectivity index (χ3n) is 4.41. The molecular formula is C20H27NO4S. The van der Waals surface area contributed by atoms with Gasteiger partial charge in [-0.1, -0.05) is 26.0 Å². The molecule has 0 radical (unpaired) electrons. The van der Waals surface area contributed by atoms with E-state index in [-0.39, 0.29) is 0 Å². The number of rotatable bonds is 11. The molecule has 0 spiro atoms. The highest BCUT2D eigenvalue weighted by Crippen LogP contribution is 2.31. The van der Waals surface area contributed by atoms with Gasteiger partial charge in [-0.15, -0.1) is 11.3 Å². The summed E-state index contributed by atoms with van der Waals surface area (Å²) in [7, 11) is 1.61. The van der Waals surface area contributed by atoms with Gasteiger partial charge in [-0.3, -0.25) is 4.79 Å². The molecule has 5 nitrogen and oxygen atoms in total. The van der Waals surface area contributed by atoms with Crippen LogP contribution in [0.3, 0.4) is 0 Å². The molecule has 2 aromatic rings. The smallest absolute Gasteiger partial charge is 0.312 e. The highest BCUT2D eigenvalue weighted by molar-refractivity contribution is 7.10. The normalized spacial score (nSPS) is 12.2. The quantitative estimate of drug-likeness (QED) is 0.644. The topological polar surface area (TPSA) is 59.0 Å². The lowest BCUT2D eigenvalue weighted by atomic mass is 9.97. The second kappa shape index (κ2) is 10.2. The van der Waals surface area contributed by atoms with Gasteiger partial charge in [0.05, 0.1) is 13.0 Å². The van der Waals surface area contributed by atoms with Crippen LogP contribution in [0.5, 0.6) is 11.5 Å². The van der Waals surface area contributed by atoms with Crippen molar-refractivity contribution in [3.63, 3.8) is 0 Å². The second-order valence-electron chi connectivity index (χ2n) is 5.97. The van der Waals surface area contributed by atoms with Gasteiger partial charge < -0.3 is 19.5 Å². The van der Waals surface area contributed by atoms with E-state index in [0.717, 1.165) is 30.1 Å². The predicted molar refractivity (Wildman–Crippen MR) is 105 cm³/mol. The average molecular weight is 378 g/mol. The van der Waals surface area contributed by atoms with Crippen LogP contribution in [0.2, 0.25) is 0 Å². The Morgan fingerprint density at radius 3 is 2.58 bits per heavy atom. The van der Waals surface area contributed by atoms with Crippen LogP contribution < -0.4 is 9.47 Å². The summed E-state index contributed by atoms with van der Waals surface area (Å²) < 4.78 is 11.3. The first-order valence-corrected chi connectivity index (χ1v) is 9.75. The lowest BCUT2D eigenvalue weighted by molar-refractivity contribution is -0.138. The van der Waals surface area contributed by atoms with E-state index >= 15 is 0 Å². The molecule has 2 rings (SSSR count). The number of carboxylic acid groups (broad SMARTS) is 1. The number of thiophene rings is 1. The number of likely N-dealkylation sites (N-methyl/N-ethyl adjacent to an activating group) is 1. The van der Waals surface area contributed by atoms with Gasteiger partial charge in [-0.05, 0) is 48.7 Å². The number of carboxylic acids is 1. The summed E-state index contributed by atoms with van der Waals surface area (Å²) in [6.07, 6.45) is 0.423. The molecule has 0 amide bonds. The Labute approximate surface area is 159 Å². The zero-order valence-corrected chi connectivity index (χ0v) is 16.4. The fraction of sp³-hybridized carbons (Fsp3) is 0.450. The van der Waals surface area contributed by atoms with Crippen LogP contribution in [0.25, 0.3) is 0 Å². The van der Waals surface area contributed by atoms with Crippen molar-refractivity contribution < 1.29 is 19.4 Å². The third kappa shape index (κ3) is 5.47. The van der Waals surface area contributed by atoms with Crippen molar-refractivity contribution in [3.05, 3.63) is 46.2 Å². The van der Waals surface area contributed by atoms with Gasteiger partial charge in [0.15, 0.2) is 11.5 Å². The van der Waals surface area contributed by atoms with Crippen LogP contribution in [-0.4, -0.2) is 49.3 Å². The lowest BCUT2D eigenvalue weighted by Crippen LogP contribution is -2.28. The molecule has 1 atom stereocenters. The van der Waals surface area contributed by atoms with Gasteiger partial charge in [0.25, 0.3) is 0 Å². The van der Waals surface area contributed by atoms with Crippen LogP contribution in [0, 0.1) is 0 Å². The Kier molecular flexibility index (Phi) is 7.94. The minimum absolute atomic E-state index is 0.423. The van der Waals surface area contributed by atoms with Gasteiger partial charge in [0, 0.05) is 11.4 Å². The molecule has 1 aromatic carbocycles. The van der Waals surface area contributed by atoms with Crippen LogP contribution in [0.15, 0.2) is 35.7 Å². The molecule has 1 unspecified atom stereocenters. The summed E-state index contributed by atoms with van der Waals surface area (Å²) >= 11 is 1.47. The highest BCUT2D eigenvalue weighted by Gasteiger charge is 2.22. The number of carbonyl (C=O) groups is 1. The summed E-state index contributed by atoms with van der Waals surface area (Å²) in [5.74, 6) is -0.0389. The number of methoxy groups -OCH3 is 1. The molecule has 0 saturated heterocycles. The van der Waals surface area contributed by atoms with Gasteiger partial charge in [-0.25, -0.2) is 0 Å². The molecule has 142 valence electrons. The highest BCUT2D eigenvalue weighted by atomic mass is 32.1. The molecule has 0 aliphatic carbocycles. The standard InChI is InChI=1S/C20H27NO4S/c1-4-21(5-2)10-11-25-18-14-15(8-9-17(18)24-3)13-16(20(22)23)19-7-6-12-26-19/h6-9,12,14,16H,4-5,10-11,13H2,1-3H3,(H,22,23). The monoisotopic (exact) mass is 377 g/mol. The van der Waals surface area contributed by atoms with Gasteiger partial charge in [0.2, 0.25) is 0 Å². The first kappa shape index (κ1) is 20.3. The molecule has 0 aliphatic heterocycles. The number of ether oxygens (including phenoxy) is 2. The SMILES string of the molecule is CCN(CC)CCOc1cc(CC(C(=O)O)c2cccs2)ccc1OC. The van der Waals surface area contributed by atoms with E-state index in [2.05, 4.69) is 18.7 Å². The molecule has 1 heterocycles. The van der Waals surface area contributed by atoms with Crippen molar-refractivity contribution in [2.45, 2.75) is 26.2 Å². The van der Waals surface area contributed by atoms with E-state index in [9.17, 15) is 9.90 Å². The minimum Gasteiger partial charge on any atom is -0.493 e. The molecular weight excluding hydrogens is 350 g/mol. The molecule has 0 fully saturated rings. The van der Waals surface area contributed by atoms with Crippen molar-refractivity contribution in [3.8, 4) is 11.5 Å². The Bertz CT molecular complexity index is 683. The van der Waals surface area contributed by atoms with Crippen LogP contribution in [0.1, 0.15) is 30.2 Å². The fourth-order valence-corrected chi connectivity index (χ4v) is 3.64. The molecule has 0 aliphatic rings. The lowest BCUT2D eigenvalue weighted by Gasteiger charge is -2.19. The van der Waals surface area contributed by atoms with E-state index in [1.54, 1.807) is 7.11 Å². The fourth-order valence-electron chi connectivity index (χ4n) is 2.82. The maximum Gasteiger partial charge on any atom is 0.312 e. The van der Waals surface area contributed by atoms with Crippen molar-refractivity contribution >= 4 is 17.3 Å². The molecule has 1 aromatic heterocycles. The summed E-state index contributed by atoms with van der Waals surface area (Å²) in [5, 5.41) is 11.5. The zero-order valence-electron chi connectivity index (χ0n) is 15.6. The number of nitrogens with zero attached hydrogens (tertiary/aromatic N) is 1. The van der Waals surface area contributed by atoms with E-state index in [1.807, 2.05) is 35.7 Å². The second-order valence-corrected chi connectivity index (χ2v) is 6.95. The van der Waals surface area contributed by atoms with E-state index in [0.29, 0.717) is 24.5 Å². The molecule has 1 N–H and O–H groups in total. The van der Waals surface area contributed by atoms with Crippen molar-refractivity contribution in [1.29, 1.82) is 0 Å². The maximum atomic E-state index is 11.7. The minimum atomic E-state index is -0.813. The first-order chi connectivity index (χ1) is 12.6. The summed E-state index contributed by atoms with van der Waals surface area (Å²) in [6, 6.07) is 9.39. The van der Waals surface area contributed by atoms with Gasteiger partial charge in [0.1, 0.15) is 6.61 Å². The maximum absolute atomic E-state index is 11.7. The largest absolute Gasteiger partial charge is 0.493 e. The van der Waals surface area contributed by atoms with Crippen molar-refractivity contribution in [2.24, 2.45) is 0 Å². The summed E-state index contributed by atoms with van der Waals surface area (Å²) in [4.78, 5) is 14.8. The number of hydrogen-bond donors (Lipinski definition) is 1. The third-order valence-corrected chi connectivity index (χ3v) is 5.40. The van der Waals surface area contributed by atoms with Gasteiger partial charge >= 0.3 is 5.97 Å². The van der Waals surface area contributed by atoms with Crippen LogP contribution in [-0.2, 0) is 11.2 Å². The average Bonchev–Trinajstić information content (AvgIpc) is 3.17. The molecule has 0 bridgehead atoms. The first-order valence-electron chi connectivity index (χ1n) is 8.87. The molecule has 26 heavy (non-hydrogen) atoms. The number of hydrogen-bond acceptors (Lipinski definition) is 5. The summed E-state index contributed by atoms with van der Waals surface area (Å²) in [6.45, 7) is 7.63. The Balaban J connectivity index is 2.11. The van der Waals surface area contributed by atoms with Gasteiger partial charge in [-0.2, -0.15) is 0 Å². The molecule has 0 saturated carbocycles. The van der Waals surface area contributed by atoms with Crippen molar-refractivity contribution in [1.82, 2.24) is 4.90 Å².